The number of hydrogen-bond donors (Lipinski definition) is 1. The predicted octanol–water partition coefficient (Wildman–Crippen LogP) is 3.47. The van der Waals surface area contributed by atoms with Crippen LogP contribution in [-0.2, 0) is 26.1 Å². The maximum absolute atomic E-state index is 6.49. The van der Waals surface area contributed by atoms with Gasteiger partial charge in [-0.1, -0.05) is 32.4 Å². The summed E-state index contributed by atoms with van der Waals surface area (Å²) in [4.78, 5) is 0. The summed E-state index contributed by atoms with van der Waals surface area (Å²) in [6.07, 6.45) is 2.97. The van der Waals surface area contributed by atoms with Crippen LogP contribution in [0.1, 0.15) is 44.8 Å². The molecule has 0 saturated carbocycles. The van der Waals surface area contributed by atoms with Gasteiger partial charge < -0.3 is 9.88 Å². The number of nitrogens with zero attached hydrogens (tertiary/aromatic N) is 3. The number of hydrogen-bond acceptors (Lipinski definition) is 2. The first kappa shape index (κ1) is 16.1. The third-order valence-corrected chi connectivity index (χ3v) is 4.07. The van der Waals surface area contributed by atoms with Crippen LogP contribution in [-0.4, -0.2) is 20.4 Å². The second-order valence-electron chi connectivity index (χ2n) is 5.54. The largest absolute Gasteiger partial charge is 0.344 e. The minimum atomic E-state index is 0.477. The summed E-state index contributed by atoms with van der Waals surface area (Å²) >= 11 is 6.49. The van der Waals surface area contributed by atoms with Crippen molar-refractivity contribution in [2.24, 2.45) is 0 Å². The smallest absolute Gasteiger partial charge is 0.0868 e. The molecule has 2 rings (SSSR count). The van der Waals surface area contributed by atoms with Crippen LogP contribution in [0.5, 0.6) is 0 Å². The Hall–Kier alpha value is -1.26. The molecule has 0 spiro atoms. The van der Waals surface area contributed by atoms with Crippen LogP contribution in [0.3, 0.4) is 0 Å². The average molecular weight is 309 g/mol. The van der Waals surface area contributed by atoms with Gasteiger partial charge in [0.15, 0.2) is 0 Å². The molecule has 0 atom stereocenters. The van der Waals surface area contributed by atoms with E-state index in [2.05, 4.69) is 61.0 Å². The Morgan fingerprint density at radius 3 is 2.71 bits per heavy atom. The van der Waals surface area contributed by atoms with E-state index in [1.807, 2.05) is 4.68 Å². The summed E-state index contributed by atoms with van der Waals surface area (Å²) in [6, 6.07) is 4.71. The van der Waals surface area contributed by atoms with Gasteiger partial charge in [-0.05, 0) is 25.5 Å². The molecule has 0 fully saturated rings. The second-order valence-corrected chi connectivity index (χ2v) is 5.92. The third-order valence-electron chi connectivity index (χ3n) is 3.63. The lowest BCUT2D eigenvalue weighted by Gasteiger charge is -2.13. The molecular weight excluding hydrogens is 284 g/mol. The van der Waals surface area contributed by atoms with Crippen LogP contribution in [0.2, 0.25) is 5.02 Å². The molecule has 0 saturated heterocycles. The highest BCUT2D eigenvalue weighted by Gasteiger charge is 2.15. The number of nitrogens with one attached hydrogen (secondary N) is 1. The minimum Gasteiger partial charge on any atom is -0.344 e. The van der Waals surface area contributed by atoms with Gasteiger partial charge in [0, 0.05) is 31.0 Å². The maximum atomic E-state index is 6.49. The first-order chi connectivity index (χ1) is 10.1. The molecule has 2 heterocycles. The summed E-state index contributed by atoms with van der Waals surface area (Å²) < 4.78 is 4.25. The standard InChI is InChI=1S/C16H25ClN4/c1-5-14-16(17)15(21(6-2)19-14)11-20-9-7-8-13(20)10-18-12(3)4/h7-9,12,18H,5-6,10-11H2,1-4H3. The quantitative estimate of drug-likeness (QED) is 0.850. The van der Waals surface area contributed by atoms with Gasteiger partial charge in [0.1, 0.15) is 0 Å². The Balaban J connectivity index is 2.22. The Bertz CT molecular complexity index is 583. The lowest BCUT2D eigenvalue weighted by atomic mass is 10.3. The Morgan fingerprint density at radius 2 is 2.10 bits per heavy atom. The van der Waals surface area contributed by atoms with Crippen LogP contribution < -0.4 is 5.32 Å². The molecule has 2 aromatic heterocycles. The molecule has 21 heavy (non-hydrogen) atoms. The van der Waals surface area contributed by atoms with Crippen molar-refractivity contribution in [2.45, 2.75) is 59.8 Å². The molecule has 0 aromatic carbocycles. The van der Waals surface area contributed by atoms with E-state index in [1.165, 1.54) is 5.69 Å². The average Bonchev–Trinajstić information content (AvgIpc) is 3.02. The van der Waals surface area contributed by atoms with Crippen LogP contribution in [0.15, 0.2) is 18.3 Å². The number of halogens is 1. The van der Waals surface area contributed by atoms with E-state index < -0.39 is 0 Å². The van der Waals surface area contributed by atoms with Crippen LogP contribution in [0.25, 0.3) is 0 Å². The SMILES string of the molecule is CCc1nn(CC)c(Cn2cccc2CNC(C)C)c1Cl. The van der Waals surface area contributed by atoms with Gasteiger partial charge in [-0.2, -0.15) is 5.10 Å². The van der Waals surface area contributed by atoms with E-state index >= 15 is 0 Å². The van der Waals surface area contributed by atoms with Gasteiger partial charge in [0.2, 0.25) is 0 Å². The monoisotopic (exact) mass is 308 g/mol. The molecule has 0 unspecified atom stereocenters. The normalized spacial score (nSPS) is 11.5. The van der Waals surface area contributed by atoms with Gasteiger partial charge in [0.05, 0.1) is 23.0 Å². The fourth-order valence-corrected chi connectivity index (χ4v) is 2.73. The highest BCUT2D eigenvalue weighted by atomic mass is 35.5. The first-order valence-corrected chi connectivity index (χ1v) is 8.06. The molecule has 0 radical (unpaired) electrons. The molecule has 0 aliphatic carbocycles. The first-order valence-electron chi connectivity index (χ1n) is 7.68. The van der Waals surface area contributed by atoms with Crippen molar-refractivity contribution in [1.29, 1.82) is 0 Å². The number of aryl methyl sites for hydroxylation is 2. The minimum absolute atomic E-state index is 0.477. The van der Waals surface area contributed by atoms with Crippen LogP contribution >= 0.6 is 11.6 Å². The molecule has 0 aliphatic rings. The third kappa shape index (κ3) is 3.69. The molecule has 116 valence electrons. The highest BCUT2D eigenvalue weighted by molar-refractivity contribution is 6.31. The van der Waals surface area contributed by atoms with Crippen molar-refractivity contribution in [3.8, 4) is 0 Å². The van der Waals surface area contributed by atoms with Gasteiger partial charge in [-0.15, -0.1) is 0 Å². The van der Waals surface area contributed by atoms with E-state index in [9.17, 15) is 0 Å². The lowest BCUT2D eigenvalue weighted by molar-refractivity contribution is 0.551. The van der Waals surface area contributed by atoms with Gasteiger partial charge >= 0.3 is 0 Å². The predicted molar refractivity (Wildman–Crippen MR) is 87.8 cm³/mol. The topological polar surface area (TPSA) is 34.8 Å². The molecule has 0 bridgehead atoms. The zero-order valence-corrected chi connectivity index (χ0v) is 14.1. The maximum Gasteiger partial charge on any atom is 0.0868 e. The Kier molecular flexibility index (Phi) is 5.48. The summed E-state index contributed by atoms with van der Waals surface area (Å²) in [5, 5.41) is 8.86. The van der Waals surface area contributed by atoms with Crippen molar-refractivity contribution in [1.82, 2.24) is 19.7 Å². The number of aromatic nitrogens is 3. The Morgan fingerprint density at radius 1 is 1.33 bits per heavy atom. The summed E-state index contributed by atoms with van der Waals surface area (Å²) in [5.41, 5.74) is 3.35. The van der Waals surface area contributed by atoms with Crippen molar-refractivity contribution < 1.29 is 0 Å². The van der Waals surface area contributed by atoms with Crippen molar-refractivity contribution in [3.63, 3.8) is 0 Å². The Labute approximate surface area is 132 Å². The molecule has 2 aromatic rings. The van der Waals surface area contributed by atoms with E-state index in [-0.39, 0.29) is 0 Å². The lowest BCUT2D eigenvalue weighted by Crippen LogP contribution is -2.23. The van der Waals surface area contributed by atoms with Gasteiger partial charge in [0.25, 0.3) is 0 Å². The summed E-state index contributed by atoms with van der Waals surface area (Å²) in [5.74, 6) is 0. The molecule has 0 amide bonds. The molecule has 1 N–H and O–H groups in total. The van der Waals surface area contributed by atoms with Gasteiger partial charge in [-0.25, -0.2) is 0 Å². The fourth-order valence-electron chi connectivity index (χ4n) is 2.40. The molecule has 0 aliphatic heterocycles. The van der Waals surface area contributed by atoms with E-state index in [1.54, 1.807) is 0 Å². The molecule has 5 heteroatoms. The van der Waals surface area contributed by atoms with Crippen molar-refractivity contribution >= 4 is 11.6 Å². The fraction of sp³-hybridized carbons (Fsp3) is 0.562. The van der Waals surface area contributed by atoms with Crippen LogP contribution in [0.4, 0.5) is 0 Å². The van der Waals surface area contributed by atoms with E-state index in [0.29, 0.717) is 6.04 Å². The zero-order chi connectivity index (χ0) is 15.4. The zero-order valence-electron chi connectivity index (χ0n) is 13.4. The van der Waals surface area contributed by atoms with E-state index in [4.69, 9.17) is 11.6 Å². The summed E-state index contributed by atoms with van der Waals surface area (Å²) in [7, 11) is 0. The van der Waals surface area contributed by atoms with Crippen molar-refractivity contribution in [3.05, 3.63) is 40.4 Å². The number of rotatable bonds is 7. The molecule has 4 nitrogen and oxygen atoms in total. The van der Waals surface area contributed by atoms with E-state index in [0.717, 1.165) is 42.5 Å². The van der Waals surface area contributed by atoms with Crippen molar-refractivity contribution in [2.75, 3.05) is 0 Å². The van der Waals surface area contributed by atoms with Crippen LogP contribution in [0, 0.1) is 0 Å². The second kappa shape index (κ2) is 7.14. The highest BCUT2D eigenvalue weighted by Crippen LogP contribution is 2.23. The molecular formula is C16H25ClN4. The van der Waals surface area contributed by atoms with Gasteiger partial charge in [-0.3, -0.25) is 4.68 Å². The summed E-state index contributed by atoms with van der Waals surface area (Å²) in [6.45, 7) is 11.0.